The largest absolute Gasteiger partial charge is 0.453 e. The minimum Gasteiger partial charge on any atom is -0.453 e. The van der Waals surface area contributed by atoms with Gasteiger partial charge in [0, 0.05) is 24.3 Å². The van der Waals surface area contributed by atoms with Gasteiger partial charge in [0.15, 0.2) is 5.13 Å². The molecule has 1 aliphatic carbocycles. The maximum Gasteiger partial charge on any atom is 0.407 e. The first-order valence-corrected chi connectivity index (χ1v) is 6.50. The number of anilines is 1. The van der Waals surface area contributed by atoms with Crippen molar-refractivity contribution in [3.8, 4) is 0 Å². The van der Waals surface area contributed by atoms with Crippen molar-refractivity contribution in [2.24, 2.45) is 0 Å². The zero-order chi connectivity index (χ0) is 13.1. The molecule has 18 heavy (non-hydrogen) atoms. The molecule has 0 saturated heterocycles. The summed E-state index contributed by atoms with van der Waals surface area (Å²) in [6.07, 6.45) is 1.97. The Labute approximate surface area is 109 Å². The number of hydrogen-bond donors (Lipinski definition) is 2. The molecule has 0 fully saturated rings. The van der Waals surface area contributed by atoms with Gasteiger partial charge < -0.3 is 15.4 Å². The topological polar surface area (TPSA) is 80.3 Å². The van der Waals surface area contributed by atoms with Crippen LogP contribution in [0.5, 0.6) is 0 Å². The van der Waals surface area contributed by atoms with Crippen molar-refractivity contribution in [2.45, 2.75) is 32.2 Å². The highest BCUT2D eigenvalue weighted by atomic mass is 32.1. The van der Waals surface area contributed by atoms with E-state index in [2.05, 4.69) is 20.4 Å². The van der Waals surface area contributed by atoms with Crippen LogP contribution >= 0.6 is 11.3 Å². The lowest BCUT2D eigenvalue weighted by Crippen LogP contribution is -2.38. The highest BCUT2D eigenvalue weighted by Crippen LogP contribution is 2.29. The summed E-state index contributed by atoms with van der Waals surface area (Å²) in [5.74, 6) is -0.120. The van der Waals surface area contributed by atoms with E-state index in [1.807, 2.05) is 0 Å². The number of carbonyl (C=O) groups is 2. The van der Waals surface area contributed by atoms with Gasteiger partial charge in [0.05, 0.1) is 12.8 Å². The molecule has 0 bridgehead atoms. The third-order valence-corrected chi connectivity index (χ3v) is 3.77. The van der Waals surface area contributed by atoms with Crippen molar-refractivity contribution < 1.29 is 14.3 Å². The maximum atomic E-state index is 11.1. The molecule has 0 saturated carbocycles. The standard InChI is InChI=1S/C11H15N3O3S/c1-6(15)12-10-14-8-4-3-7(5-9(8)18-10)13-11(16)17-2/h7H,3-5H2,1-2H3,(H,13,16)(H,12,14,15). The molecular weight excluding hydrogens is 254 g/mol. The minimum atomic E-state index is -0.407. The van der Waals surface area contributed by atoms with Crippen LogP contribution in [0.25, 0.3) is 0 Å². The van der Waals surface area contributed by atoms with Gasteiger partial charge in [-0.3, -0.25) is 4.79 Å². The second kappa shape index (κ2) is 5.34. The molecule has 1 aromatic rings. The number of nitrogens with zero attached hydrogens (tertiary/aromatic N) is 1. The second-order valence-corrected chi connectivity index (χ2v) is 5.23. The zero-order valence-electron chi connectivity index (χ0n) is 10.3. The number of methoxy groups -OCH3 is 1. The van der Waals surface area contributed by atoms with Crippen LogP contribution in [0.4, 0.5) is 9.93 Å². The van der Waals surface area contributed by atoms with E-state index in [4.69, 9.17) is 0 Å². The van der Waals surface area contributed by atoms with E-state index in [9.17, 15) is 9.59 Å². The number of aromatic nitrogens is 1. The summed E-state index contributed by atoms with van der Waals surface area (Å²) >= 11 is 1.47. The number of carbonyl (C=O) groups excluding carboxylic acids is 2. The second-order valence-electron chi connectivity index (χ2n) is 4.15. The van der Waals surface area contributed by atoms with E-state index in [1.54, 1.807) is 0 Å². The number of nitrogens with one attached hydrogen (secondary N) is 2. The Balaban J connectivity index is 2.02. The van der Waals surface area contributed by atoms with Crippen LogP contribution < -0.4 is 10.6 Å². The lowest BCUT2D eigenvalue weighted by Gasteiger charge is -2.21. The van der Waals surface area contributed by atoms with Crippen LogP contribution in [-0.4, -0.2) is 30.1 Å². The molecule has 1 unspecified atom stereocenters. The first-order chi connectivity index (χ1) is 8.58. The van der Waals surface area contributed by atoms with E-state index >= 15 is 0 Å². The van der Waals surface area contributed by atoms with Crippen LogP contribution in [0.15, 0.2) is 0 Å². The van der Waals surface area contributed by atoms with Gasteiger partial charge in [0.2, 0.25) is 5.91 Å². The van der Waals surface area contributed by atoms with Crippen LogP contribution in [0.3, 0.4) is 0 Å². The fourth-order valence-corrected chi connectivity index (χ4v) is 3.06. The molecule has 2 amide bonds. The summed E-state index contributed by atoms with van der Waals surface area (Å²) in [6, 6.07) is 0.0792. The third kappa shape index (κ3) is 2.98. The monoisotopic (exact) mass is 269 g/mol. The van der Waals surface area contributed by atoms with Gasteiger partial charge in [-0.05, 0) is 12.8 Å². The van der Waals surface area contributed by atoms with Gasteiger partial charge in [-0.15, -0.1) is 11.3 Å². The van der Waals surface area contributed by atoms with Crippen LogP contribution in [0.2, 0.25) is 0 Å². The van der Waals surface area contributed by atoms with E-state index in [0.717, 1.165) is 29.8 Å². The number of amides is 2. The Morgan fingerprint density at radius 3 is 2.94 bits per heavy atom. The molecule has 0 spiro atoms. The van der Waals surface area contributed by atoms with Crippen molar-refractivity contribution >= 4 is 28.5 Å². The summed E-state index contributed by atoms with van der Waals surface area (Å²) in [7, 11) is 1.35. The lowest BCUT2D eigenvalue weighted by molar-refractivity contribution is -0.114. The number of ether oxygens (including phenoxy) is 1. The highest BCUT2D eigenvalue weighted by molar-refractivity contribution is 7.15. The van der Waals surface area contributed by atoms with E-state index in [1.165, 1.54) is 25.4 Å². The molecule has 98 valence electrons. The predicted octanol–water partition coefficient (Wildman–Crippen LogP) is 1.31. The number of alkyl carbamates (subject to hydrolysis) is 1. The maximum absolute atomic E-state index is 11.1. The third-order valence-electron chi connectivity index (χ3n) is 2.73. The minimum absolute atomic E-state index is 0.0792. The van der Waals surface area contributed by atoms with Gasteiger partial charge in [-0.1, -0.05) is 0 Å². The molecule has 0 aromatic carbocycles. The highest BCUT2D eigenvalue weighted by Gasteiger charge is 2.24. The predicted molar refractivity (Wildman–Crippen MR) is 67.8 cm³/mol. The summed E-state index contributed by atoms with van der Waals surface area (Å²) in [6.45, 7) is 1.46. The number of rotatable bonds is 2. The van der Waals surface area contributed by atoms with Crippen molar-refractivity contribution in [2.75, 3.05) is 12.4 Å². The van der Waals surface area contributed by atoms with Gasteiger partial charge in [-0.25, -0.2) is 9.78 Å². The lowest BCUT2D eigenvalue weighted by atomic mass is 9.98. The fourth-order valence-electron chi connectivity index (χ4n) is 1.93. The zero-order valence-corrected chi connectivity index (χ0v) is 11.1. The summed E-state index contributed by atoms with van der Waals surface area (Å²) < 4.78 is 4.58. The Morgan fingerprint density at radius 2 is 2.28 bits per heavy atom. The fraction of sp³-hybridized carbons (Fsp3) is 0.545. The Kier molecular flexibility index (Phi) is 3.81. The molecule has 1 heterocycles. The summed E-state index contributed by atoms with van der Waals surface area (Å²) in [5.41, 5.74) is 1.02. The van der Waals surface area contributed by atoms with Gasteiger partial charge in [0.25, 0.3) is 0 Å². The van der Waals surface area contributed by atoms with Gasteiger partial charge in [0.1, 0.15) is 0 Å². The van der Waals surface area contributed by atoms with Crippen molar-refractivity contribution in [1.82, 2.24) is 10.3 Å². The van der Waals surface area contributed by atoms with Crippen molar-refractivity contribution in [3.05, 3.63) is 10.6 Å². The number of hydrogen-bond acceptors (Lipinski definition) is 5. The SMILES string of the molecule is COC(=O)NC1CCc2nc(NC(C)=O)sc2C1. The van der Waals surface area contributed by atoms with Crippen LogP contribution in [0.1, 0.15) is 23.9 Å². The number of thiazole rings is 1. The van der Waals surface area contributed by atoms with Gasteiger partial charge in [-0.2, -0.15) is 0 Å². The van der Waals surface area contributed by atoms with E-state index in [0.29, 0.717) is 5.13 Å². The van der Waals surface area contributed by atoms with Crippen LogP contribution in [-0.2, 0) is 22.4 Å². The van der Waals surface area contributed by atoms with Crippen molar-refractivity contribution in [1.29, 1.82) is 0 Å². The first kappa shape index (κ1) is 12.8. The molecule has 6 nitrogen and oxygen atoms in total. The first-order valence-electron chi connectivity index (χ1n) is 5.69. The molecule has 7 heteroatoms. The number of aryl methyl sites for hydroxylation is 1. The average Bonchev–Trinajstić information content (AvgIpc) is 2.69. The molecule has 2 N–H and O–H groups in total. The normalized spacial score (nSPS) is 17.8. The van der Waals surface area contributed by atoms with E-state index < -0.39 is 6.09 Å². The number of fused-ring (bicyclic) bond motifs is 1. The average molecular weight is 269 g/mol. The molecule has 0 radical (unpaired) electrons. The van der Waals surface area contributed by atoms with Crippen molar-refractivity contribution in [3.63, 3.8) is 0 Å². The molecule has 2 rings (SSSR count). The quantitative estimate of drug-likeness (QED) is 0.848. The Hall–Kier alpha value is -1.63. The summed E-state index contributed by atoms with van der Waals surface area (Å²) in [5, 5.41) is 6.11. The summed E-state index contributed by atoms with van der Waals surface area (Å²) in [4.78, 5) is 27.6. The molecule has 1 aromatic heterocycles. The van der Waals surface area contributed by atoms with Gasteiger partial charge >= 0.3 is 6.09 Å². The molecule has 1 aliphatic rings. The molecular formula is C11H15N3O3S. The Morgan fingerprint density at radius 1 is 1.50 bits per heavy atom. The Bertz CT molecular complexity index is 472. The molecule has 1 atom stereocenters. The smallest absolute Gasteiger partial charge is 0.407 e. The van der Waals surface area contributed by atoms with E-state index in [-0.39, 0.29) is 11.9 Å². The van der Waals surface area contributed by atoms with Crippen LogP contribution in [0, 0.1) is 0 Å². The molecule has 0 aliphatic heterocycles.